The molecule has 1 aromatic heterocycles. The van der Waals surface area contributed by atoms with Crippen molar-refractivity contribution in [1.29, 1.82) is 0 Å². The normalized spacial score (nSPS) is 23.4. The van der Waals surface area contributed by atoms with E-state index in [0.29, 0.717) is 11.5 Å². The van der Waals surface area contributed by atoms with Crippen molar-refractivity contribution in [1.82, 2.24) is 4.98 Å². The molecule has 17 heavy (non-hydrogen) atoms. The highest BCUT2D eigenvalue weighted by Gasteiger charge is 2.31. The molecule has 2 nitrogen and oxygen atoms in total. The molecule has 1 saturated carbocycles. The van der Waals surface area contributed by atoms with Gasteiger partial charge in [0.25, 0.3) is 0 Å². The molecular formula is C14H21BrN2. The maximum atomic E-state index is 4.35. The van der Waals surface area contributed by atoms with Crippen LogP contribution in [0.15, 0.2) is 16.9 Å². The first-order valence-corrected chi connectivity index (χ1v) is 7.17. The standard InChI is InChI=1S/C14H21BrN2/c1-10-8-11(9-16-13(10)15)17-12-6-4-5-7-14(12,2)3/h8-9,12,17H,4-7H2,1-3H3. The third-order valence-electron chi connectivity index (χ3n) is 3.86. The van der Waals surface area contributed by atoms with Crippen LogP contribution in [0.2, 0.25) is 0 Å². The predicted octanol–water partition coefficient (Wildman–Crippen LogP) is 4.53. The van der Waals surface area contributed by atoms with Crippen molar-refractivity contribution >= 4 is 21.6 Å². The van der Waals surface area contributed by atoms with Crippen LogP contribution in [0, 0.1) is 12.3 Å². The first kappa shape index (κ1) is 12.9. The van der Waals surface area contributed by atoms with Gasteiger partial charge >= 0.3 is 0 Å². The SMILES string of the molecule is Cc1cc(NC2CCCCC2(C)C)cnc1Br. The Balaban J connectivity index is 2.11. The molecule has 1 N–H and O–H groups in total. The highest BCUT2D eigenvalue weighted by molar-refractivity contribution is 9.10. The van der Waals surface area contributed by atoms with Crippen LogP contribution >= 0.6 is 15.9 Å². The molecule has 1 aliphatic carbocycles. The molecule has 0 aromatic carbocycles. The lowest BCUT2D eigenvalue weighted by Crippen LogP contribution is -2.38. The summed E-state index contributed by atoms with van der Waals surface area (Å²) in [6.07, 6.45) is 7.20. The number of halogens is 1. The van der Waals surface area contributed by atoms with Gasteiger partial charge in [-0.3, -0.25) is 0 Å². The smallest absolute Gasteiger partial charge is 0.109 e. The van der Waals surface area contributed by atoms with E-state index in [9.17, 15) is 0 Å². The molecule has 0 saturated heterocycles. The van der Waals surface area contributed by atoms with Gasteiger partial charge in [0.05, 0.1) is 11.9 Å². The van der Waals surface area contributed by atoms with E-state index < -0.39 is 0 Å². The second kappa shape index (κ2) is 4.97. The van der Waals surface area contributed by atoms with E-state index in [4.69, 9.17) is 0 Å². The minimum absolute atomic E-state index is 0.388. The minimum Gasteiger partial charge on any atom is -0.381 e. The summed E-state index contributed by atoms with van der Waals surface area (Å²) < 4.78 is 0.936. The van der Waals surface area contributed by atoms with E-state index in [-0.39, 0.29) is 0 Å². The Kier molecular flexibility index (Phi) is 3.76. The van der Waals surface area contributed by atoms with Crippen molar-refractivity contribution in [2.75, 3.05) is 5.32 Å². The Labute approximate surface area is 112 Å². The summed E-state index contributed by atoms with van der Waals surface area (Å²) in [5, 5.41) is 3.66. The highest BCUT2D eigenvalue weighted by atomic mass is 79.9. The van der Waals surface area contributed by atoms with Crippen LogP contribution in [0.25, 0.3) is 0 Å². The van der Waals surface area contributed by atoms with E-state index in [1.165, 1.54) is 31.2 Å². The quantitative estimate of drug-likeness (QED) is 0.811. The van der Waals surface area contributed by atoms with E-state index in [2.05, 4.69) is 53.1 Å². The number of nitrogens with zero attached hydrogens (tertiary/aromatic N) is 1. The molecule has 0 spiro atoms. The Morgan fingerprint density at radius 2 is 2.18 bits per heavy atom. The molecule has 0 aliphatic heterocycles. The lowest BCUT2D eigenvalue weighted by molar-refractivity contribution is 0.217. The highest BCUT2D eigenvalue weighted by Crippen LogP contribution is 2.37. The second-order valence-electron chi connectivity index (χ2n) is 5.76. The molecule has 3 heteroatoms. The average Bonchev–Trinajstić information content (AvgIpc) is 2.26. The van der Waals surface area contributed by atoms with E-state index in [1.54, 1.807) is 0 Å². The summed E-state index contributed by atoms with van der Waals surface area (Å²) >= 11 is 3.44. The van der Waals surface area contributed by atoms with Crippen molar-refractivity contribution < 1.29 is 0 Å². The average molecular weight is 297 g/mol. The van der Waals surface area contributed by atoms with E-state index in [1.807, 2.05) is 6.20 Å². The van der Waals surface area contributed by atoms with Crippen molar-refractivity contribution in [2.45, 2.75) is 52.5 Å². The van der Waals surface area contributed by atoms with Crippen LogP contribution in [-0.4, -0.2) is 11.0 Å². The fourth-order valence-corrected chi connectivity index (χ4v) is 2.82. The molecule has 2 rings (SSSR count). The fourth-order valence-electron chi connectivity index (χ4n) is 2.60. The van der Waals surface area contributed by atoms with Crippen LogP contribution in [0.5, 0.6) is 0 Å². The summed E-state index contributed by atoms with van der Waals surface area (Å²) in [5.74, 6) is 0. The van der Waals surface area contributed by atoms with Gasteiger partial charge in [0.2, 0.25) is 0 Å². The van der Waals surface area contributed by atoms with Gasteiger partial charge in [0, 0.05) is 6.04 Å². The Morgan fingerprint density at radius 3 is 2.82 bits per heavy atom. The lowest BCUT2D eigenvalue weighted by atomic mass is 9.73. The van der Waals surface area contributed by atoms with Gasteiger partial charge in [-0.1, -0.05) is 26.7 Å². The summed E-state index contributed by atoms with van der Waals surface area (Å²) in [4.78, 5) is 4.35. The fraction of sp³-hybridized carbons (Fsp3) is 0.643. The first-order valence-electron chi connectivity index (χ1n) is 6.38. The van der Waals surface area contributed by atoms with Crippen LogP contribution in [0.4, 0.5) is 5.69 Å². The first-order chi connectivity index (χ1) is 7.99. The maximum Gasteiger partial charge on any atom is 0.109 e. The van der Waals surface area contributed by atoms with Gasteiger partial charge in [-0.15, -0.1) is 0 Å². The summed E-state index contributed by atoms with van der Waals surface area (Å²) in [6.45, 7) is 6.81. The van der Waals surface area contributed by atoms with Gasteiger partial charge in [0.1, 0.15) is 4.60 Å². The molecule has 94 valence electrons. The number of rotatable bonds is 2. The number of aryl methyl sites for hydroxylation is 1. The zero-order valence-corrected chi connectivity index (χ0v) is 12.5. The Bertz CT molecular complexity index is 401. The van der Waals surface area contributed by atoms with Crippen LogP contribution in [0.3, 0.4) is 0 Å². The summed E-state index contributed by atoms with van der Waals surface area (Å²) in [5.41, 5.74) is 2.72. The Morgan fingerprint density at radius 1 is 1.41 bits per heavy atom. The third kappa shape index (κ3) is 3.01. The lowest BCUT2D eigenvalue weighted by Gasteiger charge is -2.39. The molecular weight excluding hydrogens is 276 g/mol. The monoisotopic (exact) mass is 296 g/mol. The van der Waals surface area contributed by atoms with Gasteiger partial charge in [0.15, 0.2) is 0 Å². The van der Waals surface area contributed by atoms with Gasteiger partial charge in [-0.05, 0) is 52.7 Å². The van der Waals surface area contributed by atoms with Crippen molar-refractivity contribution in [3.63, 3.8) is 0 Å². The molecule has 0 amide bonds. The second-order valence-corrected chi connectivity index (χ2v) is 6.51. The number of aromatic nitrogens is 1. The van der Waals surface area contributed by atoms with Crippen molar-refractivity contribution in [3.05, 3.63) is 22.4 Å². The van der Waals surface area contributed by atoms with Crippen molar-refractivity contribution in [2.24, 2.45) is 5.41 Å². The Hall–Kier alpha value is -0.570. The molecule has 1 unspecified atom stereocenters. The molecule has 1 aliphatic rings. The topological polar surface area (TPSA) is 24.9 Å². The third-order valence-corrected chi connectivity index (χ3v) is 4.69. The number of pyridine rings is 1. The maximum absolute atomic E-state index is 4.35. The zero-order valence-electron chi connectivity index (χ0n) is 10.9. The van der Waals surface area contributed by atoms with E-state index >= 15 is 0 Å². The number of hydrogen-bond donors (Lipinski definition) is 1. The molecule has 1 aromatic rings. The van der Waals surface area contributed by atoms with Gasteiger partial charge in [-0.2, -0.15) is 0 Å². The summed E-state index contributed by atoms with van der Waals surface area (Å²) in [6, 6.07) is 2.74. The van der Waals surface area contributed by atoms with Crippen LogP contribution < -0.4 is 5.32 Å². The van der Waals surface area contributed by atoms with Crippen LogP contribution in [0.1, 0.15) is 45.1 Å². The zero-order chi connectivity index (χ0) is 12.5. The van der Waals surface area contributed by atoms with Gasteiger partial charge < -0.3 is 5.32 Å². The van der Waals surface area contributed by atoms with E-state index in [0.717, 1.165) is 10.3 Å². The molecule has 1 heterocycles. The number of nitrogens with one attached hydrogen (secondary N) is 1. The molecule has 1 atom stereocenters. The molecule has 0 bridgehead atoms. The number of hydrogen-bond acceptors (Lipinski definition) is 2. The largest absolute Gasteiger partial charge is 0.381 e. The minimum atomic E-state index is 0.388. The van der Waals surface area contributed by atoms with Crippen molar-refractivity contribution in [3.8, 4) is 0 Å². The van der Waals surface area contributed by atoms with Gasteiger partial charge in [-0.25, -0.2) is 4.98 Å². The molecule has 0 radical (unpaired) electrons. The summed E-state index contributed by atoms with van der Waals surface area (Å²) in [7, 11) is 0. The molecule has 1 fully saturated rings. The van der Waals surface area contributed by atoms with Crippen LogP contribution in [-0.2, 0) is 0 Å². The predicted molar refractivity (Wildman–Crippen MR) is 76.3 cm³/mol. The number of anilines is 1.